The second-order valence-corrected chi connectivity index (χ2v) is 6.22. The van der Waals surface area contributed by atoms with Gasteiger partial charge >= 0.3 is 0 Å². The molecule has 1 fully saturated rings. The average Bonchev–Trinajstić information content (AvgIpc) is 2.81. The Bertz CT molecular complexity index is 409. The summed E-state index contributed by atoms with van der Waals surface area (Å²) in [6.45, 7) is 6.25. The molecule has 108 valence electrons. The third-order valence-corrected chi connectivity index (χ3v) is 4.27. The van der Waals surface area contributed by atoms with Gasteiger partial charge in [-0.15, -0.1) is 0 Å². The number of aliphatic hydroxyl groups is 2. The number of hydrogen-bond donors (Lipinski definition) is 2. The van der Waals surface area contributed by atoms with Crippen LogP contribution in [0.5, 0.6) is 0 Å². The summed E-state index contributed by atoms with van der Waals surface area (Å²) in [7, 11) is 0. The van der Waals surface area contributed by atoms with Crippen LogP contribution in [0.25, 0.3) is 0 Å². The highest BCUT2D eigenvalue weighted by Gasteiger charge is 2.39. The van der Waals surface area contributed by atoms with E-state index >= 15 is 0 Å². The van der Waals surface area contributed by atoms with E-state index in [1.807, 2.05) is 13.8 Å². The maximum Gasteiger partial charge on any atom is 0.138 e. The van der Waals surface area contributed by atoms with E-state index in [0.29, 0.717) is 25.2 Å². The van der Waals surface area contributed by atoms with Gasteiger partial charge in [-0.3, -0.25) is 0 Å². The summed E-state index contributed by atoms with van der Waals surface area (Å²) in [4.78, 5) is 4.20. The minimum atomic E-state index is -0.958. The molecule has 1 heterocycles. The summed E-state index contributed by atoms with van der Waals surface area (Å²) >= 11 is 0. The molecule has 5 nitrogen and oxygen atoms in total. The Morgan fingerprint density at radius 2 is 2.05 bits per heavy atom. The fourth-order valence-corrected chi connectivity index (χ4v) is 2.81. The highest BCUT2D eigenvalue weighted by Crippen LogP contribution is 2.35. The summed E-state index contributed by atoms with van der Waals surface area (Å²) in [5, 5.41) is 25.1. The first kappa shape index (κ1) is 14.5. The van der Waals surface area contributed by atoms with Crippen molar-refractivity contribution in [3.63, 3.8) is 0 Å². The summed E-state index contributed by atoms with van der Waals surface area (Å²) in [5.74, 6) is 1.39. The highest BCUT2D eigenvalue weighted by molar-refractivity contribution is 4.98. The van der Waals surface area contributed by atoms with Gasteiger partial charge < -0.3 is 10.2 Å². The molecule has 0 radical (unpaired) electrons. The molecule has 2 rings (SSSR count). The van der Waals surface area contributed by atoms with E-state index in [4.69, 9.17) is 0 Å². The molecular weight excluding hydrogens is 242 g/mol. The molecule has 1 unspecified atom stereocenters. The Kier molecular flexibility index (Phi) is 4.26. The maximum atomic E-state index is 10.6. The van der Waals surface area contributed by atoms with Crippen LogP contribution >= 0.6 is 0 Å². The fraction of sp³-hybridized carbons (Fsp3) is 0.857. The zero-order valence-electron chi connectivity index (χ0n) is 12.1. The lowest BCUT2D eigenvalue weighted by molar-refractivity contribution is -0.103. The SMILES string of the molecule is CC1CCC(O)(C(O)Cc2ncnn2C(C)C)CC1. The first-order valence-electron chi connectivity index (χ1n) is 7.21. The second-order valence-electron chi connectivity index (χ2n) is 6.22. The van der Waals surface area contributed by atoms with Gasteiger partial charge in [-0.2, -0.15) is 5.10 Å². The molecule has 1 saturated carbocycles. The van der Waals surface area contributed by atoms with Gasteiger partial charge in [0.05, 0.1) is 11.7 Å². The molecule has 0 amide bonds. The second kappa shape index (κ2) is 5.59. The van der Waals surface area contributed by atoms with Gasteiger partial charge in [-0.25, -0.2) is 9.67 Å². The first-order valence-corrected chi connectivity index (χ1v) is 7.21. The van der Waals surface area contributed by atoms with Gasteiger partial charge in [0.15, 0.2) is 0 Å². The van der Waals surface area contributed by atoms with Gasteiger partial charge in [-0.1, -0.05) is 6.92 Å². The molecule has 0 saturated heterocycles. The van der Waals surface area contributed by atoms with Crippen molar-refractivity contribution in [1.29, 1.82) is 0 Å². The van der Waals surface area contributed by atoms with Crippen LogP contribution in [0.4, 0.5) is 0 Å². The Morgan fingerprint density at radius 1 is 1.42 bits per heavy atom. The molecule has 5 heteroatoms. The van der Waals surface area contributed by atoms with E-state index in [1.165, 1.54) is 6.33 Å². The van der Waals surface area contributed by atoms with Crippen molar-refractivity contribution in [2.24, 2.45) is 5.92 Å². The largest absolute Gasteiger partial charge is 0.390 e. The number of aromatic nitrogens is 3. The summed E-state index contributed by atoms with van der Waals surface area (Å²) in [6, 6.07) is 0.214. The smallest absolute Gasteiger partial charge is 0.138 e. The molecule has 0 bridgehead atoms. The number of rotatable bonds is 4. The van der Waals surface area contributed by atoms with E-state index in [-0.39, 0.29) is 6.04 Å². The van der Waals surface area contributed by atoms with Crippen LogP contribution in [-0.4, -0.2) is 36.7 Å². The molecule has 19 heavy (non-hydrogen) atoms. The topological polar surface area (TPSA) is 71.2 Å². The van der Waals surface area contributed by atoms with Crippen molar-refractivity contribution in [2.45, 2.75) is 70.6 Å². The summed E-state index contributed by atoms with van der Waals surface area (Å²) in [6.07, 6.45) is 4.41. The molecule has 1 aliphatic carbocycles. The third kappa shape index (κ3) is 3.15. The predicted molar refractivity (Wildman–Crippen MR) is 72.7 cm³/mol. The first-order chi connectivity index (χ1) is 8.92. The van der Waals surface area contributed by atoms with Crippen molar-refractivity contribution < 1.29 is 10.2 Å². The molecule has 0 spiro atoms. The van der Waals surface area contributed by atoms with E-state index in [0.717, 1.165) is 18.7 Å². The van der Waals surface area contributed by atoms with Crippen LogP contribution in [0.1, 0.15) is 58.3 Å². The van der Waals surface area contributed by atoms with Crippen LogP contribution in [0, 0.1) is 5.92 Å². The molecule has 1 aliphatic rings. The van der Waals surface area contributed by atoms with Crippen molar-refractivity contribution in [3.05, 3.63) is 12.2 Å². The van der Waals surface area contributed by atoms with Crippen LogP contribution < -0.4 is 0 Å². The maximum absolute atomic E-state index is 10.6. The van der Waals surface area contributed by atoms with E-state index in [9.17, 15) is 10.2 Å². The lowest BCUT2D eigenvalue weighted by Gasteiger charge is -2.38. The highest BCUT2D eigenvalue weighted by atomic mass is 16.3. The third-order valence-electron chi connectivity index (χ3n) is 4.27. The lowest BCUT2D eigenvalue weighted by atomic mass is 9.76. The Hall–Kier alpha value is -0.940. The van der Waals surface area contributed by atoms with Gasteiger partial charge in [0, 0.05) is 12.5 Å². The van der Waals surface area contributed by atoms with Gasteiger partial charge in [0.25, 0.3) is 0 Å². The quantitative estimate of drug-likeness (QED) is 0.871. The van der Waals surface area contributed by atoms with Gasteiger partial charge in [0.1, 0.15) is 12.2 Å². The molecule has 1 aromatic heterocycles. The van der Waals surface area contributed by atoms with E-state index in [1.54, 1.807) is 4.68 Å². The van der Waals surface area contributed by atoms with E-state index in [2.05, 4.69) is 17.0 Å². The Balaban J connectivity index is 2.04. The summed E-state index contributed by atoms with van der Waals surface area (Å²) in [5.41, 5.74) is -0.958. The van der Waals surface area contributed by atoms with Crippen molar-refractivity contribution in [3.8, 4) is 0 Å². The zero-order valence-corrected chi connectivity index (χ0v) is 12.1. The standard InChI is InChI=1S/C14H25N3O2/c1-10(2)17-13(15-9-16-17)8-12(18)14(19)6-4-11(3)5-7-14/h9-12,18-19H,4-8H2,1-3H3. The normalized spacial score (nSPS) is 29.7. The van der Waals surface area contributed by atoms with Crippen molar-refractivity contribution in [1.82, 2.24) is 14.8 Å². The molecule has 0 aliphatic heterocycles. The zero-order chi connectivity index (χ0) is 14.0. The van der Waals surface area contributed by atoms with Crippen LogP contribution in [0.3, 0.4) is 0 Å². The minimum absolute atomic E-state index is 0.214. The molecule has 1 atom stereocenters. The average molecular weight is 267 g/mol. The van der Waals surface area contributed by atoms with Crippen molar-refractivity contribution in [2.75, 3.05) is 0 Å². The molecule has 0 aromatic carbocycles. The minimum Gasteiger partial charge on any atom is -0.390 e. The van der Waals surface area contributed by atoms with Crippen LogP contribution in [-0.2, 0) is 6.42 Å². The lowest BCUT2D eigenvalue weighted by Crippen LogP contribution is -2.46. The Labute approximate surface area is 114 Å². The van der Waals surface area contributed by atoms with Crippen LogP contribution in [0.15, 0.2) is 6.33 Å². The van der Waals surface area contributed by atoms with Crippen molar-refractivity contribution >= 4 is 0 Å². The predicted octanol–water partition coefficient (Wildman–Crippen LogP) is 1.70. The summed E-state index contributed by atoms with van der Waals surface area (Å²) < 4.78 is 1.80. The number of nitrogens with zero attached hydrogens (tertiary/aromatic N) is 3. The number of hydrogen-bond acceptors (Lipinski definition) is 4. The van der Waals surface area contributed by atoms with Gasteiger partial charge in [-0.05, 0) is 45.4 Å². The molecule has 2 N–H and O–H groups in total. The van der Waals surface area contributed by atoms with Crippen LogP contribution in [0.2, 0.25) is 0 Å². The number of aliphatic hydroxyl groups excluding tert-OH is 1. The molecular formula is C14H25N3O2. The fourth-order valence-electron chi connectivity index (χ4n) is 2.81. The monoisotopic (exact) mass is 267 g/mol. The van der Waals surface area contributed by atoms with Gasteiger partial charge in [0.2, 0.25) is 0 Å². The Morgan fingerprint density at radius 3 is 2.63 bits per heavy atom. The van der Waals surface area contributed by atoms with E-state index < -0.39 is 11.7 Å². The molecule has 1 aromatic rings.